The molecule has 2 aliphatic heterocycles. The van der Waals surface area contributed by atoms with Gasteiger partial charge in [-0.05, 0) is 38.0 Å². The van der Waals surface area contributed by atoms with E-state index in [9.17, 15) is 4.79 Å². The maximum absolute atomic E-state index is 13.6. The van der Waals surface area contributed by atoms with Gasteiger partial charge in [0.2, 0.25) is 0 Å². The van der Waals surface area contributed by atoms with Crippen LogP contribution in [0.15, 0.2) is 48.5 Å². The van der Waals surface area contributed by atoms with E-state index in [2.05, 4.69) is 47.6 Å². The molecule has 0 fully saturated rings. The summed E-state index contributed by atoms with van der Waals surface area (Å²) in [5.41, 5.74) is 4.65. The second kappa shape index (κ2) is 4.96. The van der Waals surface area contributed by atoms with Gasteiger partial charge in [-0.25, -0.2) is 0 Å². The molecule has 4 nitrogen and oxygen atoms in total. The number of hydrogen-bond donors (Lipinski definition) is 2. The number of nitrogens with one attached hydrogen (secondary N) is 2. The molecule has 1 aromatic heterocycles. The average Bonchev–Trinajstić information content (AvgIpc) is 3.11. The van der Waals surface area contributed by atoms with Gasteiger partial charge in [-0.1, -0.05) is 36.4 Å². The van der Waals surface area contributed by atoms with Crippen LogP contribution in [-0.2, 0) is 16.8 Å². The van der Waals surface area contributed by atoms with Crippen LogP contribution in [0.25, 0.3) is 10.9 Å². The number of fused-ring (bicyclic) bond motifs is 6. The Kier molecular flexibility index (Phi) is 2.92. The number of carbonyl (C=O) groups is 1. The number of para-hydroxylation sites is 2. The molecular weight excluding hydrogens is 310 g/mol. The summed E-state index contributed by atoms with van der Waals surface area (Å²) in [7, 11) is 0. The van der Waals surface area contributed by atoms with E-state index in [-0.39, 0.29) is 11.9 Å². The number of carbonyl (C=O) groups excluding carboxylic acids is 1. The lowest BCUT2D eigenvalue weighted by Gasteiger charge is -2.37. The summed E-state index contributed by atoms with van der Waals surface area (Å²) in [6, 6.07) is 16.7. The van der Waals surface area contributed by atoms with Gasteiger partial charge in [-0.3, -0.25) is 10.1 Å². The van der Waals surface area contributed by atoms with Crippen molar-refractivity contribution in [2.75, 3.05) is 11.4 Å². The molecule has 2 N–H and O–H groups in total. The summed E-state index contributed by atoms with van der Waals surface area (Å²) in [6.45, 7) is 4.87. The van der Waals surface area contributed by atoms with Crippen molar-refractivity contribution in [3.63, 3.8) is 0 Å². The van der Waals surface area contributed by atoms with E-state index in [0.29, 0.717) is 6.54 Å². The molecule has 25 heavy (non-hydrogen) atoms. The van der Waals surface area contributed by atoms with Gasteiger partial charge in [0, 0.05) is 34.7 Å². The van der Waals surface area contributed by atoms with Crippen LogP contribution in [0.4, 0.5) is 5.69 Å². The molecule has 2 unspecified atom stereocenters. The second-order valence-corrected chi connectivity index (χ2v) is 7.09. The Hall–Kier alpha value is -2.59. The van der Waals surface area contributed by atoms with E-state index in [4.69, 9.17) is 0 Å². The largest absolute Gasteiger partial charge is 0.356 e. The molecule has 0 bridgehead atoms. The second-order valence-electron chi connectivity index (χ2n) is 7.09. The van der Waals surface area contributed by atoms with Crippen molar-refractivity contribution in [1.29, 1.82) is 0 Å². The predicted molar refractivity (Wildman–Crippen MR) is 99.8 cm³/mol. The highest BCUT2D eigenvalue weighted by Gasteiger charge is 2.55. The summed E-state index contributed by atoms with van der Waals surface area (Å²) in [5.74, 6) is 0.121. The van der Waals surface area contributed by atoms with Gasteiger partial charge in [0.1, 0.15) is 0 Å². The SMILES string of the molecule is CCN1C(=O)C2(NC(C)Cc3c2[nH]c2ccccc32)c2ccccc21. The fourth-order valence-corrected chi connectivity index (χ4v) is 4.68. The highest BCUT2D eigenvalue weighted by molar-refractivity contribution is 6.11. The molecule has 2 atom stereocenters. The molecular formula is C21H21N3O. The Morgan fingerprint density at radius 2 is 1.92 bits per heavy atom. The summed E-state index contributed by atoms with van der Waals surface area (Å²) in [4.78, 5) is 19.1. The number of amides is 1. The van der Waals surface area contributed by atoms with Crippen molar-refractivity contribution in [2.45, 2.75) is 31.8 Å². The number of benzene rings is 2. The summed E-state index contributed by atoms with van der Waals surface area (Å²) >= 11 is 0. The molecule has 0 saturated heterocycles. The Bertz CT molecular complexity index is 1010. The van der Waals surface area contributed by atoms with E-state index in [1.165, 1.54) is 10.9 Å². The molecule has 3 aromatic rings. The third-order valence-corrected chi connectivity index (χ3v) is 5.64. The zero-order valence-electron chi connectivity index (χ0n) is 14.5. The number of rotatable bonds is 1. The Labute approximate surface area is 146 Å². The minimum absolute atomic E-state index is 0.121. The first-order chi connectivity index (χ1) is 12.2. The number of H-pyrrole nitrogens is 1. The van der Waals surface area contributed by atoms with Crippen molar-refractivity contribution < 1.29 is 4.79 Å². The van der Waals surface area contributed by atoms with E-state index < -0.39 is 5.54 Å². The number of aromatic nitrogens is 1. The van der Waals surface area contributed by atoms with E-state index >= 15 is 0 Å². The van der Waals surface area contributed by atoms with Crippen LogP contribution in [0.5, 0.6) is 0 Å². The molecule has 3 heterocycles. The fraction of sp³-hybridized carbons (Fsp3) is 0.286. The lowest BCUT2D eigenvalue weighted by atomic mass is 9.80. The smallest absolute Gasteiger partial charge is 0.258 e. The van der Waals surface area contributed by atoms with Crippen molar-refractivity contribution in [2.24, 2.45) is 0 Å². The minimum Gasteiger partial charge on any atom is -0.356 e. The molecule has 0 radical (unpaired) electrons. The molecule has 1 amide bonds. The maximum Gasteiger partial charge on any atom is 0.258 e. The van der Waals surface area contributed by atoms with Crippen LogP contribution in [0.1, 0.15) is 30.7 Å². The number of nitrogens with zero attached hydrogens (tertiary/aromatic N) is 1. The summed E-state index contributed by atoms with van der Waals surface area (Å²) in [6.07, 6.45) is 0.919. The van der Waals surface area contributed by atoms with Gasteiger partial charge < -0.3 is 9.88 Å². The molecule has 5 rings (SSSR count). The Morgan fingerprint density at radius 3 is 2.76 bits per heavy atom. The van der Waals surface area contributed by atoms with E-state index in [1.807, 2.05) is 30.0 Å². The van der Waals surface area contributed by atoms with Crippen LogP contribution < -0.4 is 10.2 Å². The normalized spacial score (nSPS) is 24.8. The molecule has 2 aromatic carbocycles. The molecule has 0 aliphatic carbocycles. The van der Waals surface area contributed by atoms with Gasteiger partial charge in [-0.2, -0.15) is 0 Å². The predicted octanol–water partition coefficient (Wildman–Crippen LogP) is 3.31. The first-order valence-electron chi connectivity index (χ1n) is 8.96. The number of hydrogen-bond acceptors (Lipinski definition) is 2. The van der Waals surface area contributed by atoms with Crippen LogP contribution in [0, 0.1) is 0 Å². The maximum atomic E-state index is 13.6. The van der Waals surface area contributed by atoms with Crippen molar-refractivity contribution >= 4 is 22.5 Å². The van der Waals surface area contributed by atoms with Crippen molar-refractivity contribution in [3.05, 3.63) is 65.4 Å². The third kappa shape index (κ3) is 1.72. The van der Waals surface area contributed by atoms with Gasteiger partial charge in [0.05, 0.1) is 5.69 Å². The molecule has 1 spiro atoms. The monoisotopic (exact) mass is 331 g/mol. The van der Waals surface area contributed by atoms with Gasteiger partial charge >= 0.3 is 0 Å². The van der Waals surface area contributed by atoms with Crippen molar-refractivity contribution in [3.8, 4) is 0 Å². The average molecular weight is 331 g/mol. The van der Waals surface area contributed by atoms with Crippen LogP contribution in [-0.4, -0.2) is 23.5 Å². The highest BCUT2D eigenvalue weighted by Crippen LogP contribution is 2.48. The molecule has 126 valence electrons. The molecule has 4 heteroatoms. The first-order valence-corrected chi connectivity index (χ1v) is 8.96. The number of aromatic amines is 1. The highest BCUT2D eigenvalue weighted by atomic mass is 16.2. The third-order valence-electron chi connectivity index (χ3n) is 5.64. The van der Waals surface area contributed by atoms with E-state index in [0.717, 1.165) is 28.9 Å². The lowest BCUT2D eigenvalue weighted by Crippen LogP contribution is -2.58. The van der Waals surface area contributed by atoms with Gasteiger partial charge in [0.15, 0.2) is 5.54 Å². The number of anilines is 1. The minimum atomic E-state index is -0.807. The lowest BCUT2D eigenvalue weighted by molar-refractivity contribution is -0.123. The zero-order valence-corrected chi connectivity index (χ0v) is 14.5. The van der Waals surface area contributed by atoms with Gasteiger partial charge in [-0.15, -0.1) is 0 Å². The Balaban J connectivity index is 1.87. The standard InChI is InChI=1S/C21H21N3O/c1-3-24-18-11-7-5-9-16(18)21(20(24)25)19-15(12-13(2)23-21)14-8-4-6-10-17(14)22-19/h4-11,13,22-23H,3,12H2,1-2H3. The Morgan fingerprint density at radius 1 is 1.16 bits per heavy atom. The quantitative estimate of drug-likeness (QED) is 0.719. The zero-order chi connectivity index (χ0) is 17.2. The molecule has 0 saturated carbocycles. The topological polar surface area (TPSA) is 48.1 Å². The summed E-state index contributed by atoms with van der Waals surface area (Å²) in [5, 5.41) is 4.88. The van der Waals surface area contributed by atoms with Crippen LogP contribution >= 0.6 is 0 Å². The first kappa shape index (κ1) is 14.7. The molecule has 2 aliphatic rings. The van der Waals surface area contributed by atoms with Crippen LogP contribution in [0.3, 0.4) is 0 Å². The van der Waals surface area contributed by atoms with Crippen molar-refractivity contribution in [1.82, 2.24) is 10.3 Å². The van der Waals surface area contributed by atoms with Crippen LogP contribution in [0.2, 0.25) is 0 Å². The number of likely N-dealkylation sites (N-methyl/N-ethyl adjacent to an activating group) is 1. The van der Waals surface area contributed by atoms with Gasteiger partial charge in [0.25, 0.3) is 5.91 Å². The summed E-state index contributed by atoms with van der Waals surface area (Å²) < 4.78 is 0. The van der Waals surface area contributed by atoms with E-state index in [1.54, 1.807) is 0 Å². The fourth-order valence-electron chi connectivity index (χ4n) is 4.68.